The smallest absolute Gasteiger partial charge is 0.266 e. The van der Waals surface area contributed by atoms with Crippen molar-refractivity contribution in [1.82, 2.24) is 14.6 Å². The molecule has 0 fully saturated rings. The summed E-state index contributed by atoms with van der Waals surface area (Å²) in [5, 5.41) is 5.38. The molecule has 0 atom stereocenters. The van der Waals surface area contributed by atoms with Gasteiger partial charge in [0.2, 0.25) is 4.96 Å². The van der Waals surface area contributed by atoms with Gasteiger partial charge < -0.3 is 0 Å². The molecule has 0 unspecified atom stereocenters. The van der Waals surface area contributed by atoms with Gasteiger partial charge in [-0.25, -0.2) is 0 Å². The summed E-state index contributed by atoms with van der Waals surface area (Å²) < 4.78 is 1.85. The van der Waals surface area contributed by atoms with Crippen LogP contribution in [0.3, 0.4) is 0 Å². The average Bonchev–Trinajstić information content (AvgIpc) is 3.11. The summed E-state index contributed by atoms with van der Waals surface area (Å²) in [5.41, 5.74) is 2.56. The number of aromatic nitrogens is 3. The standard InChI is InChI=1S/C18H11Cl2N3OS/c1-10-2-4-11(5-3-10)16-21-18-23(22-16)17(24)15(25-18)8-12-6-7-13(19)9-14(12)20/h2-9H,1H3/b15-8+. The molecule has 2 heterocycles. The maximum atomic E-state index is 12.6. The first kappa shape index (κ1) is 16.3. The Morgan fingerprint density at radius 1 is 1.12 bits per heavy atom. The third kappa shape index (κ3) is 3.06. The lowest BCUT2D eigenvalue weighted by Gasteiger charge is -1.97. The summed E-state index contributed by atoms with van der Waals surface area (Å²) in [5.74, 6) is 0.541. The van der Waals surface area contributed by atoms with Crippen molar-refractivity contribution in [2.75, 3.05) is 0 Å². The lowest BCUT2D eigenvalue weighted by molar-refractivity contribution is 0.937. The zero-order valence-corrected chi connectivity index (χ0v) is 15.4. The Labute approximate surface area is 157 Å². The largest absolute Gasteiger partial charge is 0.291 e. The Kier molecular flexibility index (Phi) is 4.07. The molecule has 4 rings (SSSR count). The van der Waals surface area contributed by atoms with Crippen LogP contribution in [0.15, 0.2) is 47.3 Å². The van der Waals surface area contributed by atoms with E-state index in [0.717, 1.165) is 16.7 Å². The van der Waals surface area contributed by atoms with E-state index in [1.165, 1.54) is 15.9 Å². The minimum atomic E-state index is -0.211. The number of nitrogens with zero attached hydrogens (tertiary/aromatic N) is 3. The summed E-state index contributed by atoms with van der Waals surface area (Å²) in [7, 11) is 0. The second-order valence-electron chi connectivity index (χ2n) is 5.58. The summed E-state index contributed by atoms with van der Waals surface area (Å²) in [6, 6.07) is 13.0. The molecule has 0 aliphatic rings. The van der Waals surface area contributed by atoms with E-state index in [0.29, 0.717) is 25.4 Å². The Morgan fingerprint density at radius 2 is 1.88 bits per heavy atom. The SMILES string of the molecule is Cc1ccc(-c2nc3s/c(=C/c4ccc(Cl)cc4Cl)c(=O)n3n2)cc1. The summed E-state index contributed by atoms with van der Waals surface area (Å²) in [6.07, 6.45) is 1.73. The van der Waals surface area contributed by atoms with Crippen LogP contribution < -0.4 is 10.1 Å². The molecule has 0 bridgehead atoms. The van der Waals surface area contributed by atoms with Crippen molar-refractivity contribution in [2.24, 2.45) is 0 Å². The highest BCUT2D eigenvalue weighted by Gasteiger charge is 2.12. The quantitative estimate of drug-likeness (QED) is 0.522. The second-order valence-corrected chi connectivity index (χ2v) is 7.43. The van der Waals surface area contributed by atoms with Crippen LogP contribution in [0.5, 0.6) is 0 Å². The molecule has 0 saturated carbocycles. The van der Waals surface area contributed by atoms with E-state index in [-0.39, 0.29) is 5.56 Å². The van der Waals surface area contributed by atoms with E-state index in [1.54, 1.807) is 24.3 Å². The number of benzene rings is 2. The van der Waals surface area contributed by atoms with E-state index in [2.05, 4.69) is 10.1 Å². The van der Waals surface area contributed by atoms with E-state index < -0.39 is 0 Å². The summed E-state index contributed by atoms with van der Waals surface area (Å²) in [4.78, 5) is 17.6. The highest BCUT2D eigenvalue weighted by Crippen LogP contribution is 2.22. The van der Waals surface area contributed by atoms with Crippen molar-refractivity contribution in [2.45, 2.75) is 6.92 Å². The van der Waals surface area contributed by atoms with Gasteiger partial charge in [0.1, 0.15) is 0 Å². The molecule has 0 N–H and O–H groups in total. The van der Waals surface area contributed by atoms with Crippen molar-refractivity contribution in [3.63, 3.8) is 0 Å². The predicted molar refractivity (Wildman–Crippen MR) is 103 cm³/mol. The van der Waals surface area contributed by atoms with Gasteiger partial charge in [-0.3, -0.25) is 4.79 Å². The number of halogens is 2. The van der Waals surface area contributed by atoms with Crippen LogP contribution >= 0.6 is 34.5 Å². The van der Waals surface area contributed by atoms with Gasteiger partial charge >= 0.3 is 0 Å². The predicted octanol–water partition coefficient (Wildman–Crippen LogP) is 3.98. The molecule has 0 aliphatic carbocycles. The average molecular weight is 388 g/mol. The van der Waals surface area contributed by atoms with E-state index in [4.69, 9.17) is 23.2 Å². The molecular formula is C18H11Cl2N3OS. The van der Waals surface area contributed by atoms with Gasteiger partial charge in [-0.15, -0.1) is 5.10 Å². The maximum absolute atomic E-state index is 12.6. The third-order valence-electron chi connectivity index (χ3n) is 3.74. The Bertz CT molecular complexity index is 1200. The van der Waals surface area contributed by atoms with Gasteiger partial charge in [-0.05, 0) is 30.7 Å². The first-order chi connectivity index (χ1) is 12.0. The normalized spacial score (nSPS) is 12.2. The van der Waals surface area contributed by atoms with Gasteiger partial charge in [-0.2, -0.15) is 9.50 Å². The number of hydrogen-bond donors (Lipinski definition) is 0. The molecule has 124 valence electrons. The molecule has 0 radical (unpaired) electrons. The Balaban J connectivity index is 1.81. The Morgan fingerprint density at radius 3 is 2.56 bits per heavy atom. The van der Waals surface area contributed by atoms with Gasteiger partial charge in [-0.1, -0.05) is 70.4 Å². The zero-order valence-electron chi connectivity index (χ0n) is 13.0. The van der Waals surface area contributed by atoms with Crippen molar-refractivity contribution in [3.05, 3.63) is 78.5 Å². The molecule has 0 spiro atoms. The number of aryl methyl sites for hydroxylation is 1. The molecule has 2 aromatic heterocycles. The second kappa shape index (κ2) is 6.26. The highest BCUT2D eigenvalue weighted by molar-refractivity contribution is 7.15. The number of thiazole rings is 1. The van der Waals surface area contributed by atoms with Crippen LogP contribution in [-0.4, -0.2) is 14.6 Å². The molecule has 4 nitrogen and oxygen atoms in total. The minimum Gasteiger partial charge on any atom is -0.266 e. The van der Waals surface area contributed by atoms with Crippen molar-refractivity contribution >= 4 is 45.6 Å². The molecule has 7 heteroatoms. The summed E-state index contributed by atoms with van der Waals surface area (Å²) in [6.45, 7) is 2.02. The molecule has 25 heavy (non-hydrogen) atoms. The molecule has 2 aromatic carbocycles. The zero-order chi connectivity index (χ0) is 17.6. The topological polar surface area (TPSA) is 47.3 Å². The first-order valence-corrected chi connectivity index (χ1v) is 9.02. The fourth-order valence-electron chi connectivity index (χ4n) is 2.42. The molecular weight excluding hydrogens is 377 g/mol. The first-order valence-electron chi connectivity index (χ1n) is 7.45. The number of rotatable bonds is 2. The number of hydrogen-bond acceptors (Lipinski definition) is 4. The monoisotopic (exact) mass is 387 g/mol. The van der Waals surface area contributed by atoms with Crippen LogP contribution in [0.2, 0.25) is 10.0 Å². The van der Waals surface area contributed by atoms with Crippen LogP contribution in [0.4, 0.5) is 0 Å². The van der Waals surface area contributed by atoms with Crippen molar-refractivity contribution in [3.8, 4) is 11.4 Å². The van der Waals surface area contributed by atoms with Gasteiger partial charge in [0.05, 0.1) is 4.53 Å². The van der Waals surface area contributed by atoms with Crippen molar-refractivity contribution < 1.29 is 0 Å². The molecule has 0 aliphatic heterocycles. The van der Waals surface area contributed by atoms with Gasteiger partial charge in [0.25, 0.3) is 5.56 Å². The maximum Gasteiger partial charge on any atom is 0.291 e. The minimum absolute atomic E-state index is 0.211. The van der Waals surface area contributed by atoms with Crippen LogP contribution in [0.1, 0.15) is 11.1 Å². The van der Waals surface area contributed by atoms with E-state index in [9.17, 15) is 4.79 Å². The molecule has 4 aromatic rings. The van der Waals surface area contributed by atoms with E-state index >= 15 is 0 Å². The van der Waals surface area contributed by atoms with Crippen LogP contribution in [0.25, 0.3) is 22.4 Å². The third-order valence-corrected chi connectivity index (χ3v) is 5.26. The summed E-state index contributed by atoms with van der Waals surface area (Å²) >= 11 is 13.4. The highest BCUT2D eigenvalue weighted by atomic mass is 35.5. The van der Waals surface area contributed by atoms with Gasteiger partial charge in [0, 0.05) is 15.6 Å². The van der Waals surface area contributed by atoms with Crippen LogP contribution in [-0.2, 0) is 0 Å². The van der Waals surface area contributed by atoms with Gasteiger partial charge in [0.15, 0.2) is 5.82 Å². The molecule has 0 amide bonds. The fraction of sp³-hybridized carbons (Fsp3) is 0.0556. The lowest BCUT2D eigenvalue weighted by atomic mass is 10.1. The Hall–Kier alpha value is -2.21. The number of fused-ring (bicyclic) bond motifs is 1. The van der Waals surface area contributed by atoms with E-state index in [1.807, 2.05) is 31.2 Å². The van der Waals surface area contributed by atoms with Crippen molar-refractivity contribution in [1.29, 1.82) is 0 Å². The fourth-order valence-corrected chi connectivity index (χ4v) is 3.78. The lowest BCUT2D eigenvalue weighted by Crippen LogP contribution is -2.23. The molecule has 0 saturated heterocycles. The van der Waals surface area contributed by atoms with Crippen LogP contribution in [0, 0.1) is 6.92 Å².